The minimum atomic E-state index is -0.392. The summed E-state index contributed by atoms with van der Waals surface area (Å²) in [6.45, 7) is 11.9. The minimum absolute atomic E-state index is 0.0468. The fourth-order valence-electron chi connectivity index (χ4n) is 3.13. The van der Waals surface area contributed by atoms with E-state index in [-0.39, 0.29) is 12.2 Å². The van der Waals surface area contributed by atoms with Gasteiger partial charge < -0.3 is 4.74 Å². The summed E-state index contributed by atoms with van der Waals surface area (Å²) in [4.78, 5) is 29.9. The maximum absolute atomic E-state index is 12.7. The number of carbonyl (C=O) groups is 1. The first kappa shape index (κ1) is 19.2. The second-order valence-electron chi connectivity index (χ2n) is 6.71. The first-order chi connectivity index (χ1) is 12.7. The van der Waals surface area contributed by atoms with Crippen LogP contribution in [0.5, 0.6) is 0 Å². The van der Waals surface area contributed by atoms with E-state index < -0.39 is 5.97 Å². The van der Waals surface area contributed by atoms with Gasteiger partial charge in [0.25, 0.3) is 5.56 Å². The maximum atomic E-state index is 12.7. The van der Waals surface area contributed by atoms with Crippen LogP contribution in [-0.2, 0) is 17.8 Å². The van der Waals surface area contributed by atoms with Crippen molar-refractivity contribution in [3.8, 4) is 0 Å². The third kappa shape index (κ3) is 3.39. The Bertz CT molecular complexity index is 1080. The number of hydrogen-bond acceptors (Lipinski definition) is 6. The average molecular weight is 385 g/mol. The van der Waals surface area contributed by atoms with Crippen molar-refractivity contribution < 1.29 is 9.53 Å². The highest BCUT2D eigenvalue weighted by Gasteiger charge is 2.20. The lowest BCUT2D eigenvalue weighted by Gasteiger charge is -2.17. The van der Waals surface area contributed by atoms with Gasteiger partial charge in [-0.3, -0.25) is 4.79 Å². The maximum Gasteiger partial charge on any atom is 0.339 e. The van der Waals surface area contributed by atoms with E-state index in [0.29, 0.717) is 16.2 Å². The van der Waals surface area contributed by atoms with Gasteiger partial charge in [0.1, 0.15) is 11.6 Å². The second kappa shape index (κ2) is 7.23. The van der Waals surface area contributed by atoms with Crippen LogP contribution in [0.3, 0.4) is 0 Å². The molecule has 3 rings (SSSR count). The molecule has 0 amide bonds. The molecule has 0 aliphatic rings. The first-order valence-electron chi connectivity index (χ1n) is 8.87. The zero-order valence-corrected chi connectivity index (χ0v) is 17.3. The number of carbonyl (C=O) groups excluding carboxylic acids is 1. The van der Waals surface area contributed by atoms with E-state index in [2.05, 4.69) is 17.0 Å². The molecule has 0 fully saturated rings. The van der Waals surface area contributed by atoms with Crippen molar-refractivity contribution >= 4 is 22.3 Å². The molecule has 2 heterocycles. The Morgan fingerprint density at radius 1 is 1.07 bits per heavy atom. The molecule has 6 nitrogen and oxygen atoms in total. The summed E-state index contributed by atoms with van der Waals surface area (Å²) in [6, 6.07) is 1.37. The fraction of sp³-hybridized carbons (Fsp3) is 0.400. The molecule has 2 aromatic heterocycles. The zero-order valence-electron chi connectivity index (χ0n) is 16.5. The molecule has 27 heavy (non-hydrogen) atoms. The van der Waals surface area contributed by atoms with Crippen molar-refractivity contribution in [2.45, 2.75) is 54.6 Å². The van der Waals surface area contributed by atoms with E-state index >= 15 is 0 Å². The van der Waals surface area contributed by atoms with Gasteiger partial charge in [0.05, 0.1) is 11.3 Å². The Hall–Kier alpha value is -2.54. The van der Waals surface area contributed by atoms with Crippen molar-refractivity contribution in [1.29, 1.82) is 0 Å². The molecule has 0 aliphatic carbocycles. The molecule has 0 bridgehead atoms. The van der Waals surface area contributed by atoms with Gasteiger partial charge in [-0.05, 0) is 68.9 Å². The molecular formula is C20H23N3O3S. The van der Waals surface area contributed by atoms with Gasteiger partial charge in [0.15, 0.2) is 0 Å². The number of esters is 1. The van der Waals surface area contributed by atoms with E-state index in [1.807, 2.05) is 34.6 Å². The van der Waals surface area contributed by atoms with Crippen molar-refractivity contribution in [2.24, 2.45) is 0 Å². The monoisotopic (exact) mass is 385 g/mol. The largest absolute Gasteiger partial charge is 0.456 e. The lowest BCUT2D eigenvalue weighted by atomic mass is 9.90. The number of fused-ring (bicyclic) bond motifs is 1. The number of nitrogens with zero attached hydrogens (tertiary/aromatic N) is 3. The molecule has 142 valence electrons. The van der Waals surface area contributed by atoms with Gasteiger partial charge in [0, 0.05) is 6.07 Å². The van der Waals surface area contributed by atoms with Crippen LogP contribution in [0.2, 0.25) is 0 Å². The van der Waals surface area contributed by atoms with Crippen LogP contribution in [0.1, 0.15) is 55.8 Å². The van der Waals surface area contributed by atoms with Crippen LogP contribution in [0.15, 0.2) is 10.9 Å². The van der Waals surface area contributed by atoms with Crippen LogP contribution < -0.4 is 5.56 Å². The molecule has 7 heteroatoms. The first-order valence-corrected chi connectivity index (χ1v) is 9.69. The molecule has 1 aromatic carbocycles. The van der Waals surface area contributed by atoms with Crippen LogP contribution in [-0.4, -0.2) is 20.6 Å². The summed E-state index contributed by atoms with van der Waals surface area (Å²) in [6.07, 6.45) is 0.739. The van der Waals surface area contributed by atoms with Crippen LogP contribution in [0, 0.1) is 34.6 Å². The van der Waals surface area contributed by atoms with Crippen LogP contribution in [0.4, 0.5) is 0 Å². The number of ether oxygens (including phenoxy) is 1. The normalized spacial score (nSPS) is 11.2. The molecule has 0 radical (unpaired) electrons. The molecule has 0 saturated carbocycles. The quantitative estimate of drug-likeness (QED) is 0.642. The Balaban J connectivity index is 1.89. The summed E-state index contributed by atoms with van der Waals surface area (Å²) >= 11 is 1.37. The Morgan fingerprint density at radius 2 is 1.67 bits per heavy atom. The minimum Gasteiger partial charge on any atom is -0.456 e. The molecule has 0 spiro atoms. The topological polar surface area (TPSA) is 73.6 Å². The van der Waals surface area contributed by atoms with Gasteiger partial charge in [0.2, 0.25) is 4.96 Å². The number of rotatable bonds is 4. The van der Waals surface area contributed by atoms with Gasteiger partial charge in [-0.2, -0.15) is 9.61 Å². The summed E-state index contributed by atoms with van der Waals surface area (Å²) in [5, 5.41) is 5.06. The van der Waals surface area contributed by atoms with Crippen molar-refractivity contribution in [3.63, 3.8) is 0 Å². The van der Waals surface area contributed by atoms with Gasteiger partial charge >= 0.3 is 5.97 Å². The summed E-state index contributed by atoms with van der Waals surface area (Å²) in [5.74, 6) is -0.392. The molecule has 0 saturated heterocycles. The average Bonchev–Trinajstić information content (AvgIpc) is 3.07. The third-order valence-corrected chi connectivity index (χ3v) is 6.25. The Morgan fingerprint density at radius 3 is 2.26 bits per heavy atom. The van der Waals surface area contributed by atoms with Gasteiger partial charge in [-0.25, -0.2) is 9.78 Å². The van der Waals surface area contributed by atoms with Gasteiger partial charge in [-0.1, -0.05) is 18.3 Å². The summed E-state index contributed by atoms with van der Waals surface area (Å²) < 4.78 is 6.78. The highest BCUT2D eigenvalue weighted by Crippen LogP contribution is 2.26. The highest BCUT2D eigenvalue weighted by atomic mass is 32.1. The molecular weight excluding hydrogens is 362 g/mol. The van der Waals surface area contributed by atoms with Crippen molar-refractivity contribution in [1.82, 2.24) is 14.6 Å². The van der Waals surface area contributed by atoms with E-state index in [0.717, 1.165) is 33.7 Å². The fourth-order valence-corrected chi connectivity index (χ4v) is 3.99. The van der Waals surface area contributed by atoms with E-state index in [9.17, 15) is 9.59 Å². The molecule has 0 unspecified atom stereocenters. The number of hydrogen-bond donors (Lipinski definition) is 0. The van der Waals surface area contributed by atoms with E-state index in [4.69, 9.17) is 4.74 Å². The number of aryl methyl sites for hydroxylation is 1. The lowest BCUT2D eigenvalue weighted by molar-refractivity contribution is 0.0465. The SMILES string of the molecule is CCc1nn2c(=O)cc(COC(=O)c3c(C)c(C)c(C)c(C)c3C)nc2s1. The smallest absolute Gasteiger partial charge is 0.339 e. The molecule has 3 aromatic rings. The van der Waals surface area contributed by atoms with Crippen LogP contribution >= 0.6 is 11.3 Å². The standard InChI is InChI=1S/C20H23N3O3S/c1-7-16-22-23-17(24)8-15(21-20(23)27-16)9-26-19(25)18-13(5)11(3)10(2)12(4)14(18)6/h8H,7,9H2,1-6H3. The van der Waals surface area contributed by atoms with Crippen LogP contribution in [0.25, 0.3) is 4.96 Å². The predicted molar refractivity (Wildman–Crippen MR) is 106 cm³/mol. The number of benzene rings is 1. The molecule has 0 atom stereocenters. The van der Waals surface area contributed by atoms with Crippen molar-refractivity contribution in [2.75, 3.05) is 0 Å². The lowest BCUT2D eigenvalue weighted by Crippen LogP contribution is -2.17. The Kier molecular flexibility index (Phi) is 5.15. The predicted octanol–water partition coefficient (Wildman–Crippen LogP) is 3.61. The van der Waals surface area contributed by atoms with E-state index in [1.54, 1.807) is 0 Å². The molecule has 0 N–H and O–H groups in total. The summed E-state index contributed by atoms with van der Waals surface area (Å²) in [5.41, 5.74) is 6.00. The van der Waals surface area contributed by atoms with Gasteiger partial charge in [-0.15, -0.1) is 0 Å². The third-order valence-electron chi connectivity index (χ3n) is 5.20. The second-order valence-corrected chi connectivity index (χ2v) is 7.75. The highest BCUT2D eigenvalue weighted by molar-refractivity contribution is 7.16. The molecule has 0 aliphatic heterocycles. The van der Waals surface area contributed by atoms with E-state index in [1.165, 1.54) is 27.5 Å². The summed E-state index contributed by atoms with van der Waals surface area (Å²) in [7, 11) is 0. The van der Waals surface area contributed by atoms with Crippen molar-refractivity contribution in [3.05, 3.63) is 60.5 Å². The Labute approximate surface area is 161 Å². The number of aromatic nitrogens is 3. The zero-order chi connectivity index (χ0) is 19.9.